The number of sulfone groups is 1. The molecule has 0 saturated carbocycles. The number of methoxy groups -OCH3 is 1. The van der Waals surface area contributed by atoms with Crippen LogP contribution in [0.3, 0.4) is 0 Å². The Hall–Kier alpha value is -1.88. The molecule has 0 radical (unpaired) electrons. The third-order valence-electron chi connectivity index (χ3n) is 5.02. The van der Waals surface area contributed by atoms with E-state index in [0.29, 0.717) is 49.6 Å². The minimum atomic E-state index is -3.64. The van der Waals surface area contributed by atoms with E-state index in [-0.39, 0.29) is 15.1 Å². The maximum atomic E-state index is 14.4. The number of aldehydes is 1. The van der Waals surface area contributed by atoms with Crippen molar-refractivity contribution in [3.63, 3.8) is 0 Å². The van der Waals surface area contributed by atoms with Crippen LogP contribution < -0.4 is 9.64 Å². The molecule has 1 fully saturated rings. The molecule has 8 nitrogen and oxygen atoms in total. The molecule has 164 valence electrons. The first-order valence-electron chi connectivity index (χ1n) is 9.00. The van der Waals surface area contributed by atoms with Gasteiger partial charge in [-0.15, -0.1) is 0 Å². The monoisotopic (exact) mass is 478 g/mol. The van der Waals surface area contributed by atoms with Crippen LogP contribution in [0, 0.1) is 12.7 Å². The van der Waals surface area contributed by atoms with E-state index in [4.69, 9.17) is 27.9 Å². The van der Waals surface area contributed by atoms with E-state index in [2.05, 4.69) is 5.10 Å². The minimum absolute atomic E-state index is 0.00156. The van der Waals surface area contributed by atoms with Gasteiger partial charge in [0.2, 0.25) is 0 Å². The summed E-state index contributed by atoms with van der Waals surface area (Å²) in [6.07, 6.45) is 0.864. The second kappa shape index (κ2) is 8.70. The lowest BCUT2D eigenvalue weighted by molar-refractivity contribution is -0.116. The fourth-order valence-electron chi connectivity index (χ4n) is 3.41. The fraction of sp³-hybridized carbons (Fsp3) is 0.444. The first-order chi connectivity index (χ1) is 14.1. The number of hydrogen-bond acceptors (Lipinski definition) is 7. The summed E-state index contributed by atoms with van der Waals surface area (Å²) in [5.41, 5.74) is 0.737. The molecule has 12 heteroatoms. The van der Waals surface area contributed by atoms with Crippen molar-refractivity contribution in [1.29, 1.82) is 0 Å². The van der Waals surface area contributed by atoms with E-state index in [1.54, 1.807) is 13.0 Å². The van der Waals surface area contributed by atoms with Crippen molar-refractivity contribution in [2.45, 2.75) is 18.1 Å². The molecule has 0 bridgehead atoms. The Balaban J connectivity index is 1.81. The molecule has 0 aliphatic carbocycles. The van der Waals surface area contributed by atoms with Crippen LogP contribution in [0.2, 0.25) is 10.0 Å². The lowest BCUT2D eigenvalue weighted by Crippen LogP contribution is -2.49. The molecule has 0 spiro atoms. The van der Waals surface area contributed by atoms with Crippen LogP contribution in [0.5, 0.6) is 5.75 Å². The van der Waals surface area contributed by atoms with Crippen molar-refractivity contribution in [3.8, 4) is 5.75 Å². The van der Waals surface area contributed by atoms with Crippen LogP contribution in [0.1, 0.15) is 11.9 Å². The number of anilines is 1. The van der Waals surface area contributed by atoms with Gasteiger partial charge >= 0.3 is 0 Å². The van der Waals surface area contributed by atoms with E-state index >= 15 is 0 Å². The van der Waals surface area contributed by atoms with Crippen molar-refractivity contribution in [2.24, 2.45) is 0 Å². The predicted octanol–water partition coefficient (Wildman–Crippen LogP) is 2.57. The average Bonchev–Trinajstić information content (AvgIpc) is 2.99. The van der Waals surface area contributed by atoms with Crippen molar-refractivity contribution >= 4 is 45.0 Å². The predicted molar refractivity (Wildman–Crippen MR) is 112 cm³/mol. The summed E-state index contributed by atoms with van der Waals surface area (Å²) in [4.78, 5) is 15.5. The number of hydrogen-bond donors (Lipinski definition) is 0. The van der Waals surface area contributed by atoms with Gasteiger partial charge < -0.3 is 9.64 Å². The number of nitrogens with zero attached hydrogens (tertiary/aromatic N) is 4. The van der Waals surface area contributed by atoms with Gasteiger partial charge in [-0.3, -0.25) is 9.69 Å². The Morgan fingerprint density at radius 1 is 1.23 bits per heavy atom. The number of carbonyl (C=O) groups excluding carboxylic acids is 1. The maximum Gasteiger partial charge on any atom is 0.196 e. The van der Waals surface area contributed by atoms with Crippen LogP contribution in [-0.4, -0.2) is 68.9 Å². The fourth-order valence-corrected chi connectivity index (χ4v) is 4.89. The molecular formula is C18H21Cl2FN4O4S. The normalized spacial score (nSPS) is 16.5. The van der Waals surface area contributed by atoms with Crippen molar-refractivity contribution in [2.75, 3.05) is 44.4 Å². The highest BCUT2D eigenvalue weighted by Gasteiger charge is 2.30. The van der Waals surface area contributed by atoms with Gasteiger partial charge in [-0.2, -0.15) is 5.10 Å². The Bertz CT molecular complexity index is 1070. The highest BCUT2D eigenvalue weighted by atomic mass is 35.5. The second-order valence-electron chi connectivity index (χ2n) is 6.93. The third kappa shape index (κ3) is 4.27. The van der Waals surface area contributed by atoms with Crippen LogP contribution in [0.15, 0.2) is 17.2 Å². The summed E-state index contributed by atoms with van der Waals surface area (Å²) in [6.45, 7) is 3.29. The molecule has 1 atom stereocenters. The Kier molecular flexibility index (Phi) is 6.61. The van der Waals surface area contributed by atoms with Crippen LogP contribution >= 0.6 is 23.2 Å². The van der Waals surface area contributed by atoms with Gasteiger partial charge in [0, 0.05) is 38.5 Å². The van der Waals surface area contributed by atoms with Gasteiger partial charge in [0.1, 0.15) is 16.6 Å². The highest BCUT2D eigenvalue weighted by molar-refractivity contribution is 7.90. The van der Waals surface area contributed by atoms with E-state index in [0.717, 1.165) is 6.26 Å². The molecule has 1 aromatic carbocycles. The molecule has 3 rings (SSSR count). The number of ether oxygens (including phenoxy) is 1. The Morgan fingerprint density at radius 2 is 1.87 bits per heavy atom. The molecule has 2 heterocycles. The summed E-state index contributed by atoms with van der Waals surface area (Å²) in [7, 11) is -2.18. The second-order valence-corrected chi connectivity index (χ2v) is 9.65. The van der Waals surface area contributed by atoms with Gasteiger partial charge in [0.25, 0.3) is 0 Å². The molecule has 2 aromatic rings. The smallest absolute Gasteiger partial charge is 0.196 e. The molecule has 30 heavy (non-hydrogen) atoms. The van der Waals surface area contributed by atoms with Crippen molar-refractivity contribution < 1.29 is 22.3 Å². The van der Waals surface area contributed by atoms with Crippen LogP contribution in [-0.2, 0) is 14.6 Å². The van der Waals surface area contributed by atoms with Crippen molar-refractivity contribution in [3.05, 3.63) is 33.7 Å². The molecular weight excluding hydrogens is 458 g/mol. The zero-order chi connectivity index (χ0) is 22.2. The number of benzene rings is 1. The number of piperazine rings is 1. The van der Waals surface area contributed by atoms with E-state index in [9.17, 15) is 17.6 Å². The van der Waals surface area contributed by atoms with E-state index in [1.165, 1.54) is 17.9 Å². The Labute approximate surface area is 184 Å². The summed E-state index contributed by atoms with van der Waals surface area (Å²) in [5.74, 6) is -0.0925. The SMILES string of the molecule is COc1cc(N2CCN(C(C=O)n3nc(S(C)(=O)=O)c(Cl)c3C)CC2)c(F)cc1Cl. The van der Waals surface area contributed by atoms with Gasteiger partial charge in [-0.1, -0.05) is 23.2 Å². The van der Waals surface area contributed by atoms with E-state index < -0.39 is 21.8 Å². The molecule has 0 amide bonds. The summed E-state index contributed by atoms with van der Waals surface area (Å²) in [5, 5.41) is 3.99. The lowest BCUT2D eigenvalue weighted by atomic mass is 10.2. The summed E-state index contributed by atoms with van der Waals surface area (Å²) in [6, 6.07) is 2.75. The molecule has 0 N–H and O–H groups in total. The van der Waals surface area contributed by atoms with Gasteiger partial charge in [-0.05, 0) is 13.0 Å². The zero-order valence-electron chi connectivity index (χ0n) is 16.6. The summed E-state index contributed by atoms with van der Waals surface area (Å²) < 4.78 is 44.7. The van der Waals surface area contributed by atoms with Gasteiger partial charge in [0.05, 0.1) is 23.5 Å². The quantitative estimate of drug-likeness (QED) is 0.589. The zero-order valence-corrected chi connectivity index (χ0v) is 18.9. The van der Waals surface area contributed by atoms with Crippen molar-refractivity contribution in [1.82, 2.24) is 14.7 Å². The summed E-state index contributed by atoms with van der Waals surface area (Å²) >= 11 is 12.1. The molecule has 1 aliphatic rings. The average molecular weight is 479 g/mol. The largest absolute Gasteiger partial charge is 0.495 e. The molecule has 1 aliphatic heterocycles. The standard InChI is InChI=1S/C18H21Cl2FN4O4S/c1-11-17(20)18(30(3,27)28)22-25(11)16(10-26)24-6-4-23(5-7-24)14-9-15(29-2)12(19)8-13(14)21/h8-10,16H,4-7H2,1-3H3. The van der Waals surface area contributed by atoms with Crippen LogP contribution in [0.4, 0.5) is 10.1 Å². The van der Waals surface area contributed by atoms with Crippen LogP contribution in [0.25, 0.3) is 0 Å². The lowest BCUT2D eigenvalue weighted by Gasteiger charge is -2.38. The number of carbonyl (C=O) groups is 1. The number of rotatable bonds is 6. The first-order valence-corrected chi connectivity index (χ1v) is 11.6. The molecule has 1 saturated heterocycles. The number of halogens is 3. The molecule has 1 unspecified atom stereocenters. The van der Waals surface area contributed by atoms with E-state index in [1.807, 2.05) is 9.80 Å². The third-order valence-corrected chi connectivity index (χ3v) is 6.87. The highest BCUT2D eigenvalue weighted by Crippen LogP contribution is 2.33. The molecule has 1 aromatic heterocycles. The Morgan fingerprint density at radius 3 is 2.37 bits per heavy atom. The first kappa shape index (κ1) is 22.8. The van der Waals surface area contributed by atoms with Gasteiger partial charge in [-0.25, -0.2) is 17.5 Å². The maximum absolute atomic E-state index is 14.4. The topological polar surface area (TPSA) is 84.7 Å². The number of aromatic nitrogens is 2. The van der Waals surface area contributed by atoms with Gasteiger partial charge in [0.15, 0.2) is 27.3 Å². The minimum Gasteiger partial charge on any atom is -0.495 e.